The summed E-state index contributed by atoms with van der Waals surface area (Å²) in [7, 11) is 0. The van der Waals surface area contributed by atoms with Crippen LogP contribution in [-0.4, -0.2) is 5.78 Å². The van der Waals surface area contributed by atoms with Gasteiger partial charge in [0.2, 0.25) is 0 Å². The Labute approximate surface area is 95.8 Å². The molecule has 1 aromatic carbocycles. The standard InChI is InChI=1S/C13H15ClO/c1-3-10(2)8-13(15)9-11-4-6-12(14)7-5-11/h4-7H,2-3,8-9H2,1H3. The molecule has 0 N–H and O–H groups in total. The van der Waals surface area contributed by atoms with Crippen LogP contribution in [0.1, 0.15) is 25.3 Å². The Morgan fingerprint density at radius 3 is 2.47 bits per heavy atom. The van der Waals surface area contributed by atoms with E-state index in [9.17, 15) is 4.79 Å². The van der Waals surface area contributed by atoms with Gasteiger partial charge in [-0.1, -0.05) is 42.8 Å². The Kier molecular flexibility index (Phi) is 4.57. The lowest BCUT2D eigenvalue weighted by Gasteiger charge is -2.02. The third-order valence-electron chi connectivity index (χ3n) is 2.26. The predicted octanol–water partition coefficient (Wildman–Crippen LogP) is 3.81. The lowest BCUT2D eigenvalue weighted by atomic mass is 10.0. The number of Topliss-reactive ketones (excluding diaryl/α,β-unsaturated/α-hetero) is 1. The molecule has 0 radical (unpaired) electrons. The van der Waals surface area contributed by atoms with Crippen LogP contribution in [0.3, 0.4) is 0 Å². The quantitative estimate of drug-likeness (QED) is 0.693. The second-order valence-electron chi connectivity index (χ2n) is 3.62. The number of benzene rings is 1. The zero-order valence-electron chi connectivity index (χ0n) is 8.92. The number of ketones is 1. The molecule has 0 unspecified atom stereocenters. The molecule has 2 heteroatoms. The van der Waals surface area contributed by atoms with Crippen LogP contribution in [0.2, 0.25) is 5.02 Å². The molecule has 1 aromatic rings. The largest absolute Gasteiger partial charge is 0.299 e. The van der Waals surface area contributed by atoms with Crippen molar-refractivity contribution in [3.05, 3.63) is 47.0 Å². The smallest absolute Gasteiger partial charge is 0.141 e. The highest BCUT2D eigenvalue weighted by Gasteiger charge is 2.04. The van der Waals surface area contributed by atoms with Gasteiger partial charge < -0.3 is 0 Å². The van der Waals surface area contributed by atoms with Crippen molar-refractivity contribution in [2.24, 2.45) is 0 Å². The van der Waals surface area contributed by atoms with E-state index >= 15 is 0 Å². The van der Waals surface area contributed by atoms with Gasteiger partial charge in [0.05, 0.1) is 0 Å². The van der Waals surface area contributed by atoms with Crippen molar-refractivity contribution in [1.82, 2.24) is 0 Å². The second kappa shape index (κ2) is 5.72. The normalized spacial score (nSPS) is 10.0. The lowest BCUT2D eigenvalue weighted by Crippen LogP contribution is -2.03. The van der Waals surface area contributed by atoms with E-state index in [1.165, 1.54) is 0 Å². The minimum absolute atomic E-state index is 0.212. The van der Waals surface area contributed by atoms with E-state index in [1.54, 1.807) is 12.1 Å². The van der Waals surface area contributed by atoms with Crippen LogP contribution in [0.15, 0.2) is 36.4 Å². The van der Waals surface area contributed by atoms with Gasteiger partial charge in [0, 0.05) is 17.9 Å². The third-order valence-corrected chi connectivity index (χ3v) is 2.51. The Morgan fingerprint density at radius 2 is 1.93 bits per heavy atom. The van der Waals surface area contributed by atoms with Crippen molar-refractivity contribution in [3.63, 3.8) is 0 Å². The van der Waals surface area contributed by atoms with E-state index in [2.05, 4.69) is 6.58 Å². The molecule has 80 valence electrons. The predicted molar refractivity (Wildman–Crippen MR) is 64.2 cm³/mol. The van der Waals surface area contributed by atoms with Gasteiger partial charge in [-0.3, -0.25) is 4.79 Å². The van der Waals surface area contributed by atoms with Gasteiger partial charge >= 0.3 is 0 Å². The monoisotopic (exact) mass is 222 g/mol. The van der Waals surface area contributed by atoms with E-state index in [4.69, 9.17) is 11.6 Å². The molecular formula is C13H15ClO. The molecule has 0 heterocycles. The van der Waals surface area contributed by atoms with Crippen molar-refractivity contribution in [1.29, 1.82) is 0 Å². The minimum Gasteiger partial charge on any atom is -0.299 e. The summed E-state index contributed by atoms with van der Waals surface area (Å²) in [5.41, 5.74) is 2.00. The molecule has 0 aliphatic heterocycles. The van der Waals surface area contributed by atoms with E-state index in [1.807, 2.05) is 19.1 Å². The molecule has 0 fully saturated rings. The van der Waals surface area contributed by atoms with Gasteiger partial charge in [0.15, 0.2) is 0 Å². The van der Waals surface area contributed by atoms with Crippen LogP contribution < -0.4 is 0 Å². The topological polar surface area (TPSA) is 17.1 Å². The first-order valence-corrected chi connectivity index (χ1v) is 5.42. The molecule has 1 nitrogen and oxygen atoms in total. The molecule has 1 rings (SSSR count). The molecule has 0 amide bonds. The fraction of sp³-hybridized carbons (Fsp3) is 0.308. The Bertz CT molecular complexity index is 351. The van der Waals surface area contributed by atoms with Crippen molar-refractivity contribution in [2.75, 3.05) is 0 Å². The molecule has 15 heavy (non-hydrogen) atoms. The Morgan fingerprint density at radius 1 is 1.33 bits per heavy atom. The zero-order valence-corrected chi connectivity index (χ0v) is 9.68. The first kappa shape index (κ1) is 12.0. The van der Waals surface area contributed by atoms with E-state index < -0.39 is 0 Å². The average molecular weight is 223 g/mol. The van der Waals surface area contributed by atoms with Gasteiger partial charge in [-0.15, -0.1) is 0 Å². The number of allylic oxidation sites excluding steroid dienone is 1. The van der Waals surface area contributed by atoms with Gasteiger partial charge in [0.25, 0.3) is 0 Å². The maximum absolute atomic E-state index is 11.6. The van der Waals surface area contributed by atoms with Gasteiger partial charge in [-0.05, 0) is 24.1 Å². The van der Waals surface area contributed by atoms with Gasteiger partial charge in [0.1, 0.15) is 5.78 Å². The van der Waals surface area contributed by atoms with Crippen LogP contribution in [-0.2, 0) is 11.2 Å². The van der Waals surface area contributed by atoms with Crippen LogP contribution in [0, 0.1) is 0 Å². The van der Waals surface area contributed by atoms with Crippen molar-refractivity contribution < 1.29 is 4.79 Å². The number of hydrogen-bond acceptors (Lipinski definition) is 1. The third kappa shape index (κ3) is 4.30. The van der Waals surface area contributed by atoms with E-state index in [0.717, 1.165) is 17.6 Å². The van der Waals surface area contributed by atoms with E-state index in [-0.39, 0.29) is 5.78 Å². The highest BCUT2D eigenvalue weighted by Crippen LogP contribution is 2.12. The summed E-state index contributed by atoms with van der Waals surface area (Å²) < 4.78 is 0. The molecular weight excluding hydrogens is 208 g/mol. The second-order valence-corrected chi connectivity index (χ2v) is 4.06. The number of rotatable bonds is 5. The van der Waals surface area contributed by atoms with E-state index in [0.29, 0.717) is 17.9 Å². The average Bonchev–Trinajstić information content (AvgIpc) is 2.21. The summed E-state index contributed by atoms with van der Waals surface area (Å²) >= 11 is 5.76. The summed E-state index contributed by atoms with van der Waals surface area (Å²) in [6.45, 7) is 5.84. The molecule has 0 saturated heterocycles. The molecule has 0 saturated carbocycles. The fourth-order valence-corrected chi connectivity index (χ4v) is 1.42. The SMILES string of the molecule is C=C(CC)CC(=O)Cc1ccc(Cl)cc1. The highest BCUT2D eigenvalue weighted by molar-refractivity contribution is 6.30. The van der Waals surface area contributed by atoms with Crippen molar-refractivity contribution in [3.8, 4) is 0 Å². The number of carbonyl (C=O) groups excluding carboxylic acids is 1. The minimum atomic E-state index is 0.212. The summed E-state index contributed by atoms with van der Waals surface area (Å²) in [6.07, 6.45) is 1.82. The summed E-state index contributed by atoms with van der Waals surface area (Å²) in [5.74, 6) is 0.212. The Balaban J connectivity index is 2.51. The molecule has 0 aliphatic carbocycles. The van der Waals surface area contributed by atoms with Crippen LogP contribution in [0.4, 0.5) is 0 Å². The lowest BCUT2D eigenvalue weighted by molar-refractivity contribution is -0.117. The number of carbonyl (C=O) groups is 1. The number of hydrogen-bond donors (Lipinski definition) is 0. The summed E-state index contributed by atoms with van der Waals surface area (Å²) in [4.78, 5) is 11.6. The maximum Gasteiger partial charge on any atom is 0.141 e. The molecule has 0 spiro atoms. The first-order chi connectivity index (χ1) is 7.11. The highest BCUT2D eigenvalue weighted by atomic mass is 35.5. The van der Waals surface area contributed by atoms with Gasteiger partial charge in [-0.25, -0.2) is 0 Å². The first-order valence-electron chi connectivity index (χ1n) is 5.04. The summed E-state index contributed by atoms with van der Waals surface area (Å²) in [5, 5.41) is 0.698. The summed E-state index contributed by atoms with van der Waals surface area (Å²) in [6, 6.07) is 7.38. The maximum atomic E-state index is 11.6. The molecule has 0 aromatic heterocycles. The van der Waals surface area contributed by atoms with Crippen molar-refractivity contribution >= 4 is 17.4 Å². The Hall–Kier alpha value is -1.08. The molecule has 0 aliphatic rings. The van der Waals surface area contributed by atoms with Crippen LogP contribution in [0.25, 0.3) is 0 Å². The van der Waals surface area contributed by atoms with Crippen LogP contribution >= 0.6 is 11.6 Å². The van der Waals surface area contributed by atoms with Gasteiger partial charge in [-0.2, -0.15) is 0 Å². The fourth-order valence-electron chi connectivity index (χ4n) is 1.30. The molecule has 0 bridgehead atoms. The van der Waals surface area contributed by atoms with Crippen LogP contribution in [0.5, 0.6) is 0 Å². The van der Waals surface area contributed by atoms with Crippen molar-refractivity contribution in [2.45, 2.75) is 26.2 Å². The number of halogens is 1. The molecule has 0 atom stereocenters. The zero-order chi connectivity index (χ0) is 11.3.